The molecule has 3 fully saturated rings. The Bertz CT molecular complexity index is 1850. The summed E-state index contributed by atoms with van der Waals surface area (Å²) in [6, 6.07) is 5.34. The highest BCUT2D eigenvalue weighted by Crippen LogP contribution is 2.46. The van der Waals surface area contributed by atoms with Crippen LogP contribution in [0.3, 0.4) is 0 Å². The van der Waals surface area contributed by atoms with E-state index in [1.165, 1.54) is 16.8 Å². The Morgan fingerprint density at radius 3 is 2.26 bits per heavy atom. The Kier molecular flexibility index (Phi) is 13.7. The lowest BCUT2D eigenvalue weighted by molar-refractivity contribution is -0.141. The summed E-state index contributed by atoms with van der Waals surface area (Å²) in [6.07, 6.45) is -2.36. The van der Waals surface area contributed by atoms with Crippen molar-refractivity contribution in [2.75, 3.05) is 18.9 Å². The highest BCUT2D eigenvalue weighted by molar-refractivity contribution is 6.31. The van der Waals surface area contributed by atoms with Gasteiger partial charge in [0.15, 0.2) is 0 Å². The summed E-state index contributed by atoms with van der Waals surface area (Å²) in [5.74, 6) is -3.23. The van der Waals surface area contributed by atoms with Crippen molar-refractivity contribution in [3.05, 3.63) is 63.9 Å². The third-order valence-electron chi connectivity index (χ3n) is 10.9. The Balaban J connectivity index is 0.000000811. The van der Waals surface area contributed by atoms with Gasteiger partial charge in [-0.15, -0.1) is 0 Å². The maximum atomic E-state index is 14.4. The molecule has 4 aliphatic rings. The Morgan fingerprint density at radius 1 is 1.09 bits per heavy atom. The van der Waals surface area contributed by atoms with Gasteiger partial charge in [0, 0.05) is 36.1 Å². The van der Waals surface area contributed by atoms with Gasteiger partial charge in [0.1, 0.15) is 42.6 Å². The topological polar surface area (TPSA) is 154 Å². The summed E-state index contributed by atoms with van der Waals surface area (Å²) < 4.78 is 60.4. The summed E-state index contributed by atoms with van der Waals surface area (Å²) >= 11 is 6.32. The minimum absolute atomic E-state index is 0.0862. The molecular formula is C40H50ClF4N5O7. The number of alkyl halides is 3. The van der Waals surface area contributed by atoms with E-state index in [0.717, 1.165) is 36.3 Å². The molecule has 0 bridgehead atoms. The van der Waals surface area contributed by atoms with Crippen molar-refractivity contribution < 1.29 is 51.1 Å². The average molecular weight is 824 g/mol. The molecule has 3 N–H and O–H groups in total. The number of nitrogens with zero attached hydrogens (tertiary/aromatic N) is 2. The number of likely N-dealkylation sites (N-methyl/N-ethyl adjacent to an activating group) is 1. The number of ether oxygens (including phenoxy) is 1. The lowest BCUT2D eigenvalue weighted by atomic mass is 9.85. The predicted octanol–water partition coefficient (Wildman–Crippen LogP) is 6.28. The molecule has 312 valence electrons. The smallest absolute Gasteiger partial charge is 0.419 e. The molecule has 0 radical (unpaired) electrons. The van der Waals surface area contributed by atoms with Crippen molar-refractivity contribution in [3.8, 4) is 0 Å². The number of halogens is 5. The lowest BCUT2D eigenvalue weighted by Gasteiger charge is -2.36. The molecular weight excluding hydrogens is 774 g/mol. The quantitative estimate of drug-likeness (QED) is 0.198. The van der Waals surface area contributed by atoms with E-state index in [4.69, 9.17) is 21.1 Å². The Hall–Kier alpha value is -4.73. The predicted molar refractivity (Wildman–Crippen MR) is 203 cm³/mol. The first-order valence-electron chi connectivity index (χ1n) is 18.6. The number of fused-ring (bicyclic) bond motifs is 1. The van der Waals surface area contributed by atoms with Gasteiger partial charge in [0.05, 0.1) is 18.7 Å². The van der Waals surface area contributed by atoms with Crippen LogP contribution in [-0.2, 0) is 48.0 Å². The molecule has 2 aromatic rings. The third kappa shape index (κ3) is 10.2. The highest BCUT2D eigenvalue weighted by Gasteiger charge is 2.61. The number of hydrogen-bond donors (Lipinski definition) is 3. The van der Waals surface area contributed by atoms with Crippen molar-refractivity contribution in [1.29, 1.82) is 0 Å². The Labute approximate surface area is 334 Å². The zero-order valence-corrected chi connectivity index (χ0v) is 33.6. The number of amides is 4. The second-order valence-corrected chi connectivity index (χ2v) is 16.6. The molecule has 2 heterocycles. The number of carbonyl (C=O) groups excluding carboxylic acids is 6. The number of anilines is 1. The van der Waals surface area contributed by atoms with Crippen molar-refractivity contribution in [2.24, 2.45) is 16.7 Å². The van der Waals surface area contributed by atoms with E-state index in [9.17, 15) is 41.5 Å². The number of carbonyl (C=O) groups is 6. The molecule has 4 amide bonds. The van der Waals surface area contributed by atoms with Crippen molar-refractivity contribution >= 4 is 54.2 Å². The molecule has 3 unspecified atom stereocenters. The minimum Gasteiger partial charge on any atom is -0.444 e. The van der Waals surface area contributed by atoms with Gasteiger partial charge >= 0.3 is 12.3 Å². The average Bonchev–Trinajstić information content (AvgIpc) is 3.95. The lowest BCUT2D eigenvalue weighted by Crippen LogP contribution is -2.58. The maximum Gasteiger partial charge on any atom is 0.419 e. The van der Waals surface area contributed by atoms with Gasteiger partial charge in [-0.3, -0.25) is 19.3 Å². The zero-order valence-electron chi connectivity index (χ0n) is 32.9. The molecule has 6 rings (SSSR count). The largest absolute Gasteiger partial charge is 0.444 e. The molecule has 5 atom stereocenters. The minimum atomic E-state index is -4.97. The fourth-order valence-corrected chi connectivity index (χ4v) is 7.32. The number of likely N-dealkylation sites (tertiary alicyclic amines) is 1. The standard InChI is InChI=1S/C34H40ClF4N5O5.C5H8O.CH2O/c1-6-19-14-33(19,30(47)40-5)42-28(45)26-13-21(49-31(48)43-15-18-8-7-9-24(35)22(18)17-43)16-44(26)29(46)27(32(2,3)4)41-20-10-11-25(36)23(12-20)34(37,38)39;1-5(4-6)2-3-5;1-2/h7-12,19,21,26-27,41H,6,13-17H2,1-5H3,(H,40,47)(H,42,45);4H,2-3H2,1H3;1H2/t19?,21-,26?,27-,33?;;/m1../s1. The van der Waals surface area contributed by atoms with Gasteiger partial charge in [0.25, 0.3) is 0 Å². The first-order valence-corrected chi connectivity index (χ1v) is 19.0. The van der Waals surface area contributed by atoms with Gasteiger partial charge in [-0.1, -0.05) is 64.8 Å². The summed E-state index contributed by atoms with van der Waals surface area (Å²) in [7, 11) is 1.46. The summed E-state index contributed by atoms with van der Waals surface area (Å²) in [5, 5.41) is 8.79. The Morgan fingerprint density at radius 2 is 1.75 bits per heavy atom. The molecule has 12 nitrogen and oxygen atoms in total. The number of nitrogens with one attached hydrogen (secondary N) is 3. The van der Waals surface area contributed by atoms with Crippen LogP contribution in [0.2, 0.25) is 5.02 Å². The molecule has 1 saturated heterocycles. The number of benzene rings is 2. The molecule has 0 aromatic heterocycles. The SMILES string of the molecule is C=O.CC1(C=O)CC1.CCC1CC1(NC(=O)C1C[C@@H](OC(=O)N2Cc3cccc(Cl)c3C2)CN1C(=O)[C@@H](Nc1ccc(F)c(C(F)(F)F)c1)C(C)(C)C)C(=O)NC. The maximum absolute atomic E-state index is 14.4. The van der Waals surface area contributed by atoms with Crippen LogP contribution in [0.1, 0.15) is 83.4 Å². The van der Waals surface area contributed by atoms with E-state index in [1.54, 1.807) is 32.9 Å². The first-order chi connectivity index (χ1) is 26.7. The third-order valence-corrected chi connectivity index (χ3v) is 11.2. The van der Waals surface area contributed by atoms with Gasteiger partial charge in [-0.25, -0.2) is 9.18 Å². The van der Waals surface area contributed by atoms with Crippen LogP contribution in [0.4, 0.5) is 28.0 Å². The molecule has 0 spiro atoms. The van der Waals surface area contributed by atoms with Gasteiger partial charge in [0.2, 0.25) is 17.7 Å². The second kappa shape index (κ2) is 17.4. The second-order valence-electron chi connectivity index (χ2n) is 16.2. The van der Waals surface area contributed by atoms with Crippen molar-refractivity contribution in [2.45, 2.75) is 110 Å². The van der Waals surface area contributed by atoms with Crippen LogP contribution >= 0.6 is 11.6 Å². The van der Waals surface area contributed by atoms with Crippen molar-refractivity contribution in [1.82, 2.24) is 20.4 Å². The monoisotopic (exact) mass is 823 g/mol. The van der Waals surface area contributed by atoms with E-state index in [-0.39, 0.29) is 49.0 Å². The van der Waals surface area contributed by atoms with Crippen LogP contribution in [0.25, 0.3) is 0 Å². The van der Waals surface area contributed by atoms with Crippen molar-refractivity contribution in [3.63, 3.8) is 0 Å². The first kappa shape index (κ1) is 45.0. The fourth-order valence-electron chi connectivity index (χ4n) is 7.07. The van der Waals surface area contributed by atoms with Crippen LogP contribution in [0.15, 0.2) is 36.4 Å². The molecule has 2 aliphatic heterocycles. The van der Waals surface area contributed by atoms with E-state index in [2.05, 4.69) is 16.0 Å². The van der Waals surface area contributed by atoms with Crippen LogP contribution in [0.5, 0.6) is 0 Å². The van der Waals surface area contributed by atoms with Crippen LogP contribution < -0.4 is 16.0 Å². The van der Waals surface area contributed by atoms with Crippen LogP contribution in [-0.4, -0.2) is 84.0 Å². The van der Waals surface area contributed by atoms with E-state index < -0.39 is 64.6 Å². The van der Waals surface area contributed by atoms with Crippen LogP contribution in [0, 0.1) is 22.6 Å². The van der Waals surface area contributed by atoms with Gasteiger partial charge in [-0.2, -0.15) is 13.2 Å². The molecule has 2 aromatic carbocycles. The van der Waals surface area contributed by atoms with E-state index in [1.807, 2.05) is 26.7 Å². The summed E-state index contributed by atoms with van der Waals surface area (Å²) in [6.45, 7) is 11.2. The number of rotatable bonds is 9. The fraction of sp³-hybridized carbons (Fsp3) is 0.550. The van der Waals surface area contributed by atoms with E-state index >= 15 is 0 Å². The number of hydrogen-bond acceptors (Lipinski definition) is 8. The van der Waals surface area contributed by atoms with Gasteiger partial charge in [-0.05, 0) is 66.0 Å². The molecule has 2 saturated carbocycles. The zero-order chi connectivity index (χ0) is 42.7. The molecule has 2 aliphatic carbocycles. The summed E-state index contributed by atoms with van der Waals surface area (Å²) in [4.78, 5) is 75.1. The van der Waals surface area contributed by atoms with Gasteiger partial charge < -0.3 is 35.2 Å². The number of aldehydes is 1. The van der Waals surface area contributed by atoms with E-state index in [0.29, 0.717) is 30.0 Å². The normalized spacial score (nSPS) is 23.3. The molecule has 57 heavy (non-hydrogen) atoms. The molecule has 17 heteroatoms. The summed E-state index contributed by atoms with van der Waals surface area (Å²) in [5.41, 5.74) is -1.96. The highest BCUT2D eigenvalue weighted by atomic mass is 35.5.